The summed E-state index contributed by atoms with van der Waals surface area (Å²) in [5.74, 6) is 0. The third-order valence-electron chi connectivity index (χ3n) is 2.62. The number of nitrogens with zero attached hydrogens (tertiary/aromatic N) is 2. The van der Waals surface area contributed by atoms with Crippen molar-refractivity contribution in [1.82, 2.24) is 15.3 Å². The molecule has 17 heavy (non-hydrogen) atoms. The van der Waals surface area contributed by atoms with Crippen molar-refractivity contribution in [3.05, 3.63) is 59.7 Å². The van der Waals surface area contributed by atoms with E-state index in [-0.39, 0.29) is 0 Å². The van der Waals surface area contributed by atoms with Crippen LogP contribution in [0.3, 0.4) is 0 Å². The zero-order valence-corrected chi connectivity index (χ0v) is 10.1. The molecule has 0 aliphatic heterocycles. The summed E-state index contributed by atoms with van der Waals surface area (Å²) in [6.07, 6.45) is 6.59. The first-order valence-electron chi connectivity index (χ1n) is 5.86. The molecule has 0 aliphatic carbocycles. The van der Waals surface area contributed by atoms with Gasteiger partial charge in [0, 0.05) is 25.1 Å². The van der Waals surface area contributed by atoms with Crippen LogP contribution in [-0.4, -0.2) is 16.5 Å². The van der Waals surface area contributed by atoms with Gasteiger partial charge in [0.25, 0.3) is 0 Å². The van der Waals surface area contributed by atoms with E-state index in [2.05, 4.69) is 27.4 Å². The molecule has 0 unspecified atom stereocenters. The Labute approximate surface area is 102 Å². The maximum Gasteiger partial charge on any atom is 0.0541 e. The summed E-state index contributed by atoms with van der Waals surface area (Å²) in [5.41, 5.74) is 3.60. The minimum atomic E-state index is 0.825. The van der Waals surface area contributed by atoms with Crippen LogP contribution in [0, 0.1) is 6.92 Å². The second kappa shape index (κ2) is 6.11. The number of hydrogen-bond donors (Lipinski definition) is 1. The van der Waals surface area contributed by atoms with E-state index in [9.17, 15) is 0 Å². The van der Waals surface area contributed by atoms with Gasteiger partial charge in [-0.3, -0.25) is 9.97 Å². The lowest BCUT2D eigenvalue weighted by atomic mass is 10.2. The molecular formula is C14H17N3. The zero-order valence-electron chi connectivity index (χ0n) is 10.1. The van der Waals surface area contributed by atoms with Crippen molar-refractivity contribution in [3.8, 4) is 0 Å². The third-order valence-corrected chi connectivity index (χ3v) is 2.62. The Kier molecular flexibility index (Phi) is 4.22. The molecule has 0 saturated carbocycles. The molecule has 3 heteroatoms. The van der Waals surface area contributed by atoms with Crippen molar-refractivity contribution < 1.29 is 0 Å². The van der Waals surface area contributed by atoms with E-state index in [4.69, 9.17) is 0 Å². The van der Waals surface area contributed by atoms with Crippen molar-refractivity contribution >= 4 is 0 Å². The fourth-order valence-corrected chi connectivity index (χ4v) is 1.60. The van der Waals surface area contributed by atoms with Gasteiger partial charge in [0.1, 0.15) is 0 Å². The fraction of sp³-hybridized carbons (Fsp3) is 0.286. The van der Waals surface area contributed by atoms with Crippen LogP contribution in [0.25, 0.3) is 0 Å². The van der Waals surface area contributed by atoms with Crippen LogP contribution in [0.4, 0.5) is 0 Å². The quantitative estimate of drug-likeness (QED) is 0.795. The number of pyridine rings is 2. The van der Waals surface area contributed by atoms with Crippen LogP contribution in [0.15, 0.2) is 42.9 Å². The first kappa shape index (κ1) is 11.7. The summed E-state index contributed by atoms with van der Waals surface area (Å²) in [6.45, 7) is 3.83. The van der Waals surface area contributed by atoms with Crippen LogP contribution in [0.5, 0.6) is 0 Å². The summed E-state index contributed by atoms with van der Waals surface area (Å²) < 4.78 is 0. The lowest BCUT2D eigenvalue weighted by molar-refractivity contribution is 0.674. The minimum Gasteiger partial charge on any atom is -0.311 e. The van der Waals surface area contributed by atoms with E-state index in [1.807, 2.05) is 37.6 Å². The van der Waals surface area contributed by atoms with Crippen molar-refractivity contribution in [1.29, 1.82) is 0 Å². The highest BCUT2D eigenvalue weighted by Crippen LogP contribution is 1.99. The average molecular weight is 227 g/mol. The lowest BCUT2D eigenvalue weighted by Gasteiger charge is -2.04. The zero-order chi connectivity index (χ0) is 11.9. The SMILES string of the molecule is Cc1ccc(CNCCc2ccncc2)nc1. The molecule has 0 radical (unpaired) electrons. The van der Waals surface area contributed by atoms with Gasteiger partial charge in [0.05, 0.1) is 5.69 Å². The van der Waals surface area contributed by atoms with E-state index < -0.39 is 0 Å². The van der Waals surface area contributed by atoms with Crippen LogP contribution in [0.2, 0.25) is 0 Å². The second-order valence-electron chi connectivity index (χ2n) is 4.11. The molecule has 1 N–H and O–H groups in total. The molecule has 2 rings (SSSR count). The summed E-state index contributed by atoms with van der Waals surface area (Å²) in [7, 11) is 0. The van der Waals surface area contributed by atoms with Crippen molar-refractivity contribution in [2.24, 2.45) is 0 Å². The molecule has 2 heterocycles. The first-order chi connectivity index (χ1) is 8.34. The Bertz CT molecular complexity index is 437. The number of nitrogens with one attached hydrogen (secondary N) is 1. The van der Waals surface area contributed by atoms with Gasteiger partial charge in [-0.25, -0.2) is 0 Å². The van der Waals surface area contributed by atoms with E-state index in [0.717, 1.165) is 25.2 Å². The molecule has 0 bridgehead atoms. The van der Waals surface area contributed by atoms with Crippen LogP contribution < -0.4 is 5.32 Å². The lowest BCUT2D eigenvalue weighted by Crippen LogP contribution is -2.17. The van der Waals surface area contributed by atoms with E-state index in [1.165, 1.54) is 11.1 Å². The highest BCUT2D eigenvalue weighted by atomic mass is 14.9. The van der Waals surface area contributed by atoms with Crippen LogP contribution >= 0.6 is 0 Å². The predicted molar refractivity (Wildman–Crippen MR) is 68.6 cm³/mol. The van der Waals surface area contributed by atoms with E-state index in [1.54, 1.807) is 0 Å². The summed E-state index contributed by atoms with van der Waals surface area (Å²) in [5, 5.41) is 3.39. The topological polar surface area (TPSA) is 37.8 Å². The van der Waals surface area contributed by atoms with Gasteiger partial charge in [-0.1, -0.05) is 6.07 Å². The molecule has 2 aromatic rings. The van der Waals surface area contributed by atoms with E-state index >= 15 is 0 Å². The summed E-state index contributed by atoms with van der Waals surface area (Å²) in [6, 6.07) is 8.25. The largest absolute Gasteiger partial charge is 0.311 e. The Morgan fingerprint density at radius 3 is 2.65 bits per heavy atom. The highest BCUT2D eigenvalue weighted by molar-refractivity contribution is 5.12. The van der Waals surface area contributed by atoms with E-state index in [0.29, 0.717) is 0 Å². The Morgan fingerprint density at radius 2 is 1.94 bits per heavy atom. The number of rotatable bonds is 5. The standard InChI is InChI=1S/C14H17N3/c1-12-2-3-14(17-10-12)11-16-9-6-13-4-7-15-8-5-13/h2-5,7-8,10,16H,6,9,11H2,1H3. The maximum absolute atomic E-state index is 4.35. The van der Waals surface area contributed by atoms with Crippen molar-refractivity contribution in [2.45, 2.75) is 19.9 Å². The minimum absolute atomic E-state index is 0.825. The Hall–Kier alpha value is -1.74. The summed E-state index contributed by atoms with van der Waals surface area (Å²) in [4.78, 5) is 8.35. The van der Waals surface area contributed by atoms with Crippen LogP contribution in [0.1, 0.15) is 16.8 Å². The molecule has 0 amide bonds. The normalized spacial score (nSPS) is 10.4. The number of hydrogen-bond acceptors (Lipinski definition) is 3. The molecule has 3 nitrogen and oxygen atoms in total. The van der Waals surface area contributed by atoms with Gasteiger partial charge in [-0.2, -0.15) is 0 Å². The predicted octanol–water partition coefficient (Wildman–Crippen LogP) is 2.12. The molecule has 0 saturated heterocycles. The van der Waals surface area contributed by atoms with Gasteiger partial charge in [0.2, 0.25) is 0 Å². The Balaban J connectivity index is 1.71. The van der Waals surface area contributed by atoms with Gasteiger partial charge in [0.15, 0.2) is 0 Å². The molecule has 2 aromatic heterocycles. The average Bonchev–Trinajstić information content (AvgIpc) is 2.38. The molecule has 0 aliphatic rings. The number of aryl methyl sites for hydroxylation is 1. The smallest absolute Gasteiger partial charge is 0.0541 e. The maximum atomic E-state index is 4.35. The van der Waals surface area contributed by atoms with Gasteiger partial charge in [-0.05, 0) is 49.2 Å². The van der Waals surface area contributed by atoms with Crippen molar-refractivity contribution in [2.75, 3.05) is 6.54 Å². The van der Waals surface area contributed by atoms with Gasteiger partial charge in [-0.15, -0.1) is 0 Å². The molecule has 0 aromatic carbocycles. The molecule has 88 valence electrons. The fourth-order valence-electron chi connectivity index (χ4n) is 1.60. The van der Waals surface area contributed by atoms with Crippen LogP contribution in [-0.2, 0) is 13.0 Å². The molecule has 0 spiro atoms. The number of aromatic nitrogens is 2. The second-order valence-corrected chi connectivity index (χ2v) is 4.11. The molecule has 0 fully saturated rings. The monoisotopic (exact) mass is 227 g/mol. The van der Waals surface area contributed by atoms with Crippen molar-refractivity contribution in [3.63, 3.8) is 0 Å². The Morgan fingerprint density at radius 1 is 1.12 bits per heavy atom. The van der Waals surface area contributed by atoms with Gasteiger partial charge >= 0.3 is 0 Å². The molecular weight excluding hydrogens is 210 g/mol. The highest BCUT2D eigenvalue weighted by Gasteiger charge is 1.95. The summed E-state index contributed by atoms with van der Waals surface area (Å²) >= 11 is 0. The third kappa shape index (κ3) is 3.96. The van der Waals surface area contributed by atoms with Gasteiger partial charge < -0.3 is 5.32 Å². The molecule has 0 atom stereocenters. The first-order valence-corrected chi connectivity index (χ1v) is 5.86.